The van der Waals surface area contributed by atoms with Crippen LogP contribution in [-0.2, 0) is 0 Å². The molecule has 23 heavy (non-hydrogen) atoms. The number of hydrogen-bond acceptors (Lipinski definition) is 4. The van der Waals surface area contributed by atoms with E-state index in [0.29, 0.717) is 5.39 Å². The van der Waals surface area contributed by atoms with Crippen LogP contribution >= 0.6 is 0 Å². The second kappa shape index (κ2) is 5.06. The second-order valence-corrected chi connectivity index (χ2v) is 4.89. The monoisotopic (exact) mass is 311 g/mol. The van der Waals surface area contributed by atoms with Crippen LogP contribution in [-0.4, -0.2) is 27.1 Å². The second-order valence-electron chi connectivity index (χ2n) is 4.89. The third kappa shape index (κ3) is 2.15. The first-order chi connectivity index (χ1) is 10.9. The van der Waals surface area contributed by atoms with E-state index in [1.165, 1.54) is 42.5 Å². The van der Waals surface area contributed by atoms with Crippen LogP contribution in [0.1, 0.15) is 20.7 Å². The number of carboxylic acid groups (broad SMARTS) is 2. The maximum atomic E-state index is 11.7. The quantitative estimate of drug-likeness (QED) is 0.435. The normalized spacial score (nSPS) is 10.8. The number of nitrogens with zero attached hydrogens (tertiary/aromatic N) is 1. The molecule has 0 radical (unpaired) electrons. The number of fused-ring (bicyclic) bond motifs is 2. The Kier molecular flexibility index (Phi) is 3.18. The predicted molar refractivity (Wildman–Crippen MR) is 82.0 cm³/mol. The minimum Gasteiger partial charge on any atom is -0.478 e. The van der Waals surface area contributed by atoms with Gasteiger partial charge in [0.15, 0.2) is 0 Å². The number of carbonyl (C=O) groups is 2. The van der Waals surface area contributed by atoms with E-state index in [4.69, 9.17) is 0 Å². The molecule has 3 aromatic carbocycles. The van der Waals surface area contributed by atoms with Crippen LogP contribution in [0.15, 0.2) is 42.5 Å². The van der Waals surface area contributed by atoms with Crippen LogP contribution in [0.2, 0.25) is 0 Å². The van der Waals surface area contributed by atoms with Gasteiger partial charge in [-0.1, -0.05) is 24.3 Å². The molecule has 3 aromatic rings. The van der Waals surface area contributed by atoms with Gasteiger partial charge >= 0.3 is 11.9 Å². The molecule has 0 heterocycles. The first-order valence-corrected chi connectivity index (χ1v) is 6.51. The summed E-state index contributed by atoms with van der Waals surface area (Å²) in [5.74, 6) is -2.60. The average Bonchev–Trinajstić information content (AvgIpc) is 2.50. The Morgan fingerprint density at radius 3 is 2.26 bits per heavy atom. The van der Waals surface area contributed by atoms with Gasteiger partial charge in [0, 0.05) is 16.8 Å². The van der Waals surface area contributed by atoms with Crippen LogP contribution in [0.4, 0.5) is 5.69 Å². The number of aromatic carboxylic acids is 2. The van der Waals surface area contributed by atoms with Crippen molar-refractivity contribution in [3.63, 3.8) is 0 Å². The highest BCUT2D eigenvalue weighted by Gasteiger charge is 2.22. The number of carboxylic acids is 2. The molecule has 0 spiro atoms. The summed E-state index contributed by atoms with van der Waals surface area (Å²) in [6, 6.07) is 9.84. The summed E-state index contributed by atoms with van der Waals surface area (Å²) in [5, 5.41) is 30.7. The molecule has 7 heteroatoms. The van der Waals surface area contributed by atoms with Crippen LogP contribution in [0.3, 0.4) is 0 Å². The lowest BCUT2D eigenvalue weighted by atomic mass is 9.93. The van der Waals surface area contributed by atoms with E-state index in [1.54, 1.807) is 0 Å². The molecule has 0 unspecified atom stereocenters. The molecule has 0 bridgehead atoms. The first-order valence-electron chi connectivity index (χ1n) is 6.51. The highest BCUT2D eigenvalue weighted by molar-refractivity contribution is 6.21. The lowest BCUT2D eigenvalue weighted by Crippen LogP contribution is -2.05. The van der Waals surface area contributed by atoms with Crippen molar-refractivity contribution in [3.05, 3.63) is 63.7 Å². The van der Waals surface area contributed by atoms with E-state index < -0.39 is 16.9 Å². The Hall–Kier alpha value is -3.48. The van der Waals surface area contributed by atoms with Crippen molar-refractivity contribution in [1.29, 1.82) is 0 Å². The maximum Gasteiger partial charge on any atom is 0.336 e. The molecule has 7 nitrogen and oxygen atoms in total. The van der Waals surface area contributed by atoms with Gasteiger partial charge in [-0.2, -0.15) is 0 Å². The van der Waals surface area contributed by atoms with Crippen molar-refractivity contribution in [1.82, 2.24) is 0 Å². The SMILES string of the molecule is O=C(O)c1cccc2cc3c([N+](=O)[O-])cccc3c(C(=O)O)c12. The van der Waals surface area contributed by atoms with E-state index in [1.807, 2.05) is 0 Å². The molecule has 0 aliphatic heterocycles. The minimum absolute atomic E-state index is 0.0560. The molecular formula is C16H9NO6. The molecule has 0 atom stereocenters. The highest BCUT2D eigenvalue weighted by atomic mass is 16.6. The molecule has 0 amide bonds. The highest BCUT2D eigenvalue weighted by Crippen LogP contribution is 2.35. The van der Waals surface area contributed by atoms with E-state index in [-0.39, 0.29) is 33.0 Å². The summed E-state index contributed by atoms with van der Waals surface area (Å²) in [7, 11) is 0. The van der Waals surface area contributed by atoms with Gasteiger partial charge in [0.2, 0.25) is 0 Å². The van der Waals surface area contributed by atoms with Gasteiger partial charge in [-0.3, -0.25) is 10.1 Å². The topological polar surface area (TPSA) is 118 Å². The van der Waals surface area contributed by atoms with Crippen molar-refractivity contribution in [2.45, 2.75) is 0 Å². The van der Waals surface area contributed by atoms with E-state index in [9.17, 15) is 29.9 Å². The summed E-state index contributed by atoms with van der Waals surface area (Å²) in [5.41, 5.74) is -0.639. The number of nitro benzene ring substituents is 1. The molecule has 114 valence electrons. The first kappa shape index (κ1) is 14.5. The van der Waals surface area contributed by atoms with Crippen LogP contribution in [0, 0.1) is 10.1 Å². The average molecular weight is 311 g/mol. The predicted octanol–water partition coefficient (Wildman–Crippen LogP) is 3.30. The standard InChI is InChI=1S/C16H9NO6/c18-15(19)10-5-1-3-8-7-11-9(14(13(8)10)16(20)21)4-2-6-12(11)17(22)23/h1-7H,(H,18,19)(H,20,21). The minimum atomic E-state index is -1.34. The van der Waals surface area contributed by atoms with Gasteiger partial charge in [0.05, 0.1) is 21.4 Å². The summed E-state index contributed by atoms with van der Waals surface area (Å²) in [4.78, 5) is 33.7. The molecule has 0 saturated carbocycles. The Morgan fingerprint density at radius 2 is 1.65 bits per heavy atom. The summed E-state index contributed by atoms with van der Waals surface area (Å²) in [6.07, 6.45) is 0. The zero-order chi connectivity index (χ0) is 16.7. The molecular weight excluding hydrogens is 302 g/mol. The third-order valence-electron chi connectivity index (χ3n) is 3.64. The molecule has 3 rings (SSSR count). The lowest BCUT2D eigenvalue weighted by Gasteiger charge is -2.10. The zero-order valence-electron chi connectivity index (χ0n) is 11.5. The fraction of sp³-hybridized carbons (Fsp3) is 0. The van der Waals surface area contributed by atoms with Gasteiger partial charge in [-0.15, -0.1) is 0 Å². The molecule has 0 aromatic heterocycles. The molecule has 0 saturated heterocycles. The molecule has 0 aliphatic carbocycles. The lowest BCUT2D eigenvalue weighted by molar-refractivity contribution is -0.383. The number of benzene rings is 3. The smallest absolute Gasteiger partial charge is 0.336 e. The van der Waals surface area contributed by atoms with Crippen molar-refractivity contribution in [2.24, 2.45) is 0 Å². The molecule has 0 fully saturated rings. The number of hydrogen-bond donors (Lipinski definition) is 2. The van der Waals surface area contributed by atoms with Gasteiger partial charge in [0.1, 0.15) is 0 Å². The summed E-state index contributed by atoms with van der Waals surface area (Å²) in [6.45, 7) is 0. The molecule has 0 aliphatic rings. The van der Waals surface area contributed by atoms with Crippen molar-refractivity contribution >= 4 is 39.2 Å². The number of non-ortho nitro benzene ring substituents is 1. The number of nitro groups is 1. The van der Waals surface area contributed by atoms with Gasteiger partial charge in [-0.05, 0) is 17.5 Å². The van der Waals surface area contributed by atoms with E-state index >= 15 is 0 Å². The third-order valence-corrected chi connectivity index (χ3v) is 3.64. The van der Waals surface area contributed by atoms with E-state index in [0.717, 1.165) is 0 Å². The van der Waals surface area contributed by atoms with Gasteiger partial charge in [0.25, 0.3) is 5.69 Å². The maximum absolute atomic E-state index is 11.7. The van der Waals surface area contributed by atoms with Crippen molar-refractivity contribution < 1.29 is 24.7 Å². The molecule has 2 N–H and O–H groups in total. The van der Waals surface area contributed by atoms with Crippen LogP contribution < -0.4 is 0 Å². The fourth-order valence-electron chi connectivity index (χ4n) is 2.74. The van der Waals surface area contributed by atoms with Gasteiger partial charge < -0.3 is 10.2 Å². The van der Waals surface area contributed by atoms with Crippen molar-refractivity contribution in [2.75, 3.05) is 0 Å². The Bertz CT molecular complexity index is 1010. The Balaban J connectivity index is 2.64. The van der Waals surface area contributed by atoms with Crippen LogP contribution in [0.5, 0.6) is 0 Å². The Morgan fingerprint density at radius 1 is 0.957 bits per heavy atom. The Labute approximate surface area is 128 Å². The van der Waals surface area contributed by atoms with Gasteiger partial charge in [-0.25, -0.2) is 9.59 Å². The fourth-order valence-corrected chi connectivity index (χ4v) is 2.74. The zero-order valence-corrected chi connectivity index (χ0v) is 11.5. The largest absolute Gasteiger partial charge is 0.478 e. The van der Waals surface area contributed by atoms with E-state index in [2.05, 4.69) is 0 Å². The van der Waals surface area contributed by atoms with Crippen molar-refractivity contribution in [3.8, 4) is 0 Å². The summed E-state index contributed by atoms with van der Waals surface area (Å²) < 4.78 is 0. The summed E-state index contributed by atoms with van der Waals surface area (Å²) >= 11 is 0. The number of rotatable bonds is 3. The van der Waals surface area contributed by atoms with Crippen LogP contribution in [0.25, 0.3) is 21.5 Å².